The first-order chi connectivity index (χ1) is 12.9. The topological polar surface area (TPSA) is 38.8 Å². The van der Waals surface area contributed by atoms with Gasteiger partial charge in [0.25, 0.3) is 0 Å². The summed E-state index contributed by atoms with van der Waals surface area (Å²) >= 11 is 0. The van der Waals surface area contributed by atoms with Crippen LogP contribution in [0.2, 0.25) is 0 Å². The van der Waals surface area contributed by atoms with Crippen LogP contribution < -0.4 is 0 Å². The molecule has 4 nitrogen and oxygen atoms in total. The predicted molar refractivity (Wildman–Crippen MR) is 106 cm³/mol. The van der Waals surface area contributed by atoms with Gasteiger partial charge in [0, 0.05) is 31.3 Å². The van der Waals surface area contributed by atoms with Crippen LogP contribution in [-0.2, 0) is 14.3 Å². The monoisotopic (exact) mass is 377 g/mol. The van der Waals surface area contributed by atoms with Gasteiger partial charge in [0.2, 0.25) is 5.91 Å². The van der Waals surface area contributed by atoms with Gasteiger partial charge < -0.3 is 14.4 Å². The second kappa shape index (κ2) is 6.73. The first-order valence-electron chi connectivity index (χ1n) is 11.4. The van der Waals surface area contributed by atoms with Crippen molar-refractivity contribution in [1.82, 2.24) is 4.90 Å². The van der Waals surface area contributed by atoms with E-state index < -0.39 is 0 Å². The highest BCUT2D eigenvalue weighted by atomic mass is 16.7. The number of nitrogens with zero attached hydrogens (tertiary/aromatic N) is 1. The van der Waals surface area contributed by atoms with Gasteiger partial charge in [0.15, 0.2) is 5.79 Å². The number of piperidine rings is 1. The Hall–Kier alpha value is -0.610. The fraction of sp³-hybridized carbons (Fsp3) is 0.957. The van der Waals surface area contributed by atoms with Crippen molar-refractivity contribution in [3.63, 3.8) is 0 Å². The second-order valence-corrected chi connectivity index (χ2v) is 9.93. The van der Waals surface area contributed by atoms with Gasteiger partial charge in [0.05, 0.1) is 13.2 Å². The van der Waals surface area contributed by atoms with Gasteiger partial charge in [-0.1, -0.05) is 27.7 Å². The molecule has 5 fully saturated rings. The number of fused-ring (bicyclic) bond motifs is 6. The summed E-state index contributed by atoms with van der Waals surface area (Å²) in [5.74, 6) is 2.34. The van der Waals surface area contributed by atoms with E-state index in [1.165, 1.54) is 32.1 Å². The molecule has 2 saturated heterocycles. The minimum Gasteiger partial charge on any atom is -0.347 e. The largest absolute Gasteiger partial charge is 0.347 e. The average molecular weight is 378 g/mol. The van der Waals surface area contributed by atoms with Crippen LogP contribution in [0.4, 0.5) is 0 Å². The summed E-state index contributed by atoms with van der Waals surface area (Å²) < 4.78 is 12.5. The smallest absolute Gasteiger partial charge is 0.222 e. The number of hydrogen-bond donors (Lipinski definition) is 0. The molecule has 3 saturated carbocycles. The molecule has 6 atom stereocenters. The molecule has 5 aliphatic rings. The van der Waals surface area contributed by atoms with Crippen LogP contribution in [-0.4, -0.2) is 42.9 Å². The normalized spacial score (nSPS) is 47.7. The highest BCUT2D eigenvalue weighted by Gasteiger charge is 2.67. The quantitative estimate of drug-likeness (QED) is 0.618. The third-order valence-electron chi connectivity index (χ3n) is 9.36. The molecule has 6 unspecified atom stereocenters. The molecule has 4 heteroatoms. The molecule has 0 N–H and O–H groups in total. The van der Waals surface area contributed by atoms with E-state index in [1.807, 2.05) is 20.9 Å². The molecule has 154 valence electrons. The van der Waals surface area contributed by atoms with Crippen molar-refractivity contribution in [1.29, 1.82) is 0 Å². The molecule has 2 aliphatic heterocycles. The number of likely N-dealkylation sites (tertiary alicyclic amines) is 1. The van der Waals surface area contributed by atoms with Gasteiger partial charge >= 0.3 is 0 Å². The first-order valence-corrected chi connectivity index (χ1v) is 11.4. The molecule has 0 radical (unpaired) electrons. The number of hydrogen-bond acceptors (Lipinski definition) is 3. The molecule has 0 aromatic rings. The number of carbonyl (C=O) groups excluding carboxylic acids is 1. The van der Waals surface area contributed by atoms with E-state index >= 15 is 0 Å². The fourth-order valence-electron chi connectivity index (χ4n) is 8.04. The Morgan fingerprint density at radius 3 is 2.30 bits per heavy atom. The van der Waals surface area contributed by atoms with Crippen LogP contribution in [0.1, 0.15) is 79.1 Å². The first kappa shape index (κ1) is 19.7. The van der Waals surface area contributed by atoms with E-state index in [9.17, 15) is 4.79 Å². The summed E-state index contributed by atoms with van der Waals surface area (Å²) in [6.45, 7) is 10.5. The molecule has 2 heterocycles. The summed E-state index contributed by atoms with van der Waals surface area (Å²) in [5, 5.41) is 0. The van der Waals surface area contributed by atoms with E-state index in [0.29, 0.717) is 17.4 Å². The Kier molecular flexibility index (Phi) is 4.91. The Balaban J connectivity index is 0.000000872. The lowest BCUT2D eigenvalue weighted by atomic mass is 9.47. The van der Waals surface area contributed by atoms with Crippen LogP contribution in [0.25, 0.3) is 0 Å². The zero-order chi connectivity index (χ0) is 19.4. The van der Waals surface area contributed by atoms with Crippen molar-refractivity contribution in [3.05, 3.63) is 0 Å². The van der Waals surface area contributed by atoms with Crippen LogP contribution in [0.5, 0.6) is 0 Å². The lowest BCUT2D eigenvalue weighted by Crippen LogP contribution is -2.62. The maximum absolute atomic E-state index is 12.2. The molecular formula is C23H39NO3. The Morgan fingerprint density at radius 2 is 1.59 bits per heavy atom. The number of ether oxygens (including phenoxy) is 2. The third-order valence-corrected chi connectivity index (χ3v) is 9.36. The van der Waals surface area contributed by atoms with Gasteiger partial charge in [-0.3, -0.25) is 4.79 Å². The molecule has 5 rings (SSSR count). The van der Waals surface area contributed by atoms with Crippen LogP contribution in [0, 0.1) is 28.6 Å². The van der Waals surface area contributed by atoms with Crippen molar-refractivity contribution >= 4 is 5.91 Å². The Bertz CT molecular complexity index is 586. The van der Waals surface area contributed by atoms with Crippen molar-refractivity contribution in [2.45, 2.75) is 90.9 Å². The van der Waals surface area contributed by atoms with Crippen molar-refractivity contribution in [2.75, 3.05) is 20.3 Å². The van der Waals surface area contributed by atoms with E-state index in [4.69, 9.17) is 9.47 Å². The molecule has 0 bridgehead atoms. The van der Waals surface area contributed by atoms with E-state index in [2.05, 4.69) is 18.7 Å². The number of amides is 1. The van der Waals surface area contributed by atoms with Crippen molar-refractivity contribution < 1.29 is 14.3 Å². The average Bonchev–Trinajstić information content (AvgIpc) is 3.27. The maximum Gasteiger partial charge on any atom is 0.222 e. The van der Waals surface area contributed by atoms with Gasteiger partial charge in [-0.2, -0.15) is 0 Å². The van der Waals surface area contributed by atoms with Crippen LogP contribution >= 0.6 is 0 Å². The minimum absolute atomic E-state index is 0.185. The summed E-state index contributed by atoms with van der Waals surface area (Å²) in [7, 11) is 2.04. The molecule has 1 spiro atoms. The standard InChI is InChI=1S/C21H33NO3.C2H6/c1-19-9-8-18(23)22(3)17(19)5-4-14-15(19)6-10-20(2)16(14)7-11-21(20)24-12-13-25-21;1-2/h14-17H,4-13H2,1-3H3;1-2H3. The summed E-state index contributed by atoms with van der Waals surface area (Å²) in [4.78, 5) is 14.3. The summed E-state index contributed by atoms with van der Waals surface area (Å²) in [6, 6.07) is 0.452. The molecule has 0 aromatic carbocycles. The van der Waals surface area contributed by atoms with Crippen molar-refractivity contribution in [2.24, 2.45) is 28.6 Å². The zero-order valence-electron chi connectivity index (χ0n) is 18.1. The molecular weight excluding hydrogens is 338 g/mol. The predicted octanol–water partition coefficient (Wildman–Crippen LogP) is 4.62. The zero-order valence-corrected chi connectivity index (χ0v) is 18.1. The highest BCUT2D eigenvalue weighted by Crippen LogP contribution is 2.68. The fourth-order valence-corrected chi connectivity index (χ4v) is 8.04. The maximum atomic E-state index is 12.2. The lowest BCUT2D eigenvalue weighted by Gasteiger charge is -2.62. The van der Waals surface area contributed by atoms with Crippen LogP contribution in [0.15, 0.2) is 0 Å². The van der Waals surface area contributed by atoms with Crippen molar-refractivity contribution in [3.8, 4) is 0 Å². The van der Waals surface area contributed by atoms with E-state index in [1.54, 1.807) is 0 Å². The summed E-state index contributed by atoms with van der Waals surface area (Å²) in [6.07, 6.45) is 9.12. The highest BCUT2D eigenvalue weighted by molar-refractivity contribution is 5.77. The SMILES string of the molecule is CC.CN1C(=O)CCC2(C)C3CCC4(C)C(CCC45OCCO5)C3CCC12. The Labute approximate surface area is 165 Å². The van der Waals surface area contributed by atoms with Gasteiger partial charge in [-0.15, -0.1) is 0 Å². The second-order valence-electron chi connectivity index (χ2n) is 9.93. The molecule has 1 amide bonds. The Morgan fingerprint density at radius 1 is 0.926 bits per heavy atom. The van der Waals surface area contributed by atoms with E-state index in [-0.39, 0.29) is 11.2 Å². The minimum atomic E-state index is -0.292. The van der Waals surface area contributed by atoms with Crippen LogP contribution in [0.3, 0.4) is 0 Å². The number of carbonyl (C=O) groups is 1. The summed E-state index contributed by atoms with van der Waals surface area (Å²) in [5.41, 5.74) is 0.490. The van der Waals surface area contributed by atoms with Gasteiger partial charge in [-0.05, 0) is 61.7 Å². The van der Waals surface area contributed by atoms with E-state index in [0.717, 1.165) is 50.2 Å². The van der Waals surface area contributed by atoms with Gasteiger partial charge in [0.1, 0.15) is 0 Å². The third kappa shape index (κ3) is 2.51. The molecule has 27 heavy (non-hydrogen) atoms. The number of rotatable bonds is 0. The lowest BCUT2D eigenvalue weighted by molar-refractivity contribution is -0.247. The van der Waals surface area contributed by atoms with Gasteiger partial charge in [-0.25, -0.2) is 0 Å². The molecule has 3 aliphatic carbocycles. The molecule has 0 aromatic heterocycles.